The molecule has 0 radical (unpaired) electrons. The van der Waals surface area contributed by atoms with E-state index in [4.69, 9.17) is 5.73 Å². The first-order chi connectivity index (χ1) is 10.8. The van der Waals surface area contributed by atoms with E-state index in [-0.39, 0.29) is 6.54 Å². The van der Waals surface area contributed by atoms with Crippen LogP contribution in [0.25, 0.3) is 0 Å². The highest BCUT2D eigenvalue weighted by Gasteiger charge is 2.44. The molecule has 1 aliphatic rings. The van der Waals surface area contributed by atoms with Crippen molar-refractivity contribution in [1.29, 1.82) is 0 Å². The predicted molar refractivity (Wildman–Crippen MR) is 79.8 cm³/mol. The van der Waals surface area contributed by atoms with Crippen molar-refractivity contribution < 1.29 is 22.7 Å². The number of halogens is 3. The SMILES string of the molecule is NC(=O)O[C@@H](CN1CCC[C@@H](Cc2ccccc2)C1)C(F)(F)F. The van der Waals surface area contributed by atoms with Crippen LogP contribution in [0, 0.1) is 5.92 Å². The number of carbonyl (C=O) groups is 1. The molecular weight excluding hydrogens is 309 g/mol. The molecule has 23 heavy (non-hydrogen) atoms. The molecule has 0 saturated carbocycles. The van der Waals surface area contributed by atoms with Crippen molar-refractivity contribution in [3.8, 4) is 0 Å². The molecule has 1 heterocycles. The van der Waals surface area contributed by atoms with Crippen molar-refractivity contribution in [2.75, 3.05) is 19.6 Å². The molecule has 2 rings (SSSR count). The third kappa shape index (κ3) is 5.74. The van der Waals surface area contributed by atoms with Gasteiger partial charge in [0.2, 0.25) is 6.10 Å². The summed E-state index contributed by atoms with van der Waals surface area (Å²) < 4.78 is 43.0. The number of piperidine rings is 1. The van der Waals surface area contributed by atoms with Crippen LogP contribution in [-0.2, 0) is 11.2 Å². The molecule has 1 aromatic carbocycles. The number of carbonyl (C=O) groups excluding carboxylic acids is 1. The second-order valence-corrected chi connectivity index (χ2v) is 5.92. The molecule has 1 fully saturated rings. The van der Waals surface area contributed by atoms with Crippen molar-refractivity contribution >= 4 is 6.09 Å². The van der Waals surface area contributed by atoms with Gasteiger partial charge < -0.3 is 10.5 Å². The summed E-state index contributed by atoms with van der Waals surface area (Å²) in [5.41, 5.74) is 5.93. The van der Waals surface area contributed by atoms with E-state index >= 15 is 0 Å². The Morgan fingerprint density at radius 2 is 2.04 bits per heavy atom. The molecule has 128 valence electrons. The van der Waals surface area contributed by atoms with Gasteiger partial charge in [0.1, 0.15) is 0 Å². The topological polar surface area (TPSA) is 55.6 Å². The van der Waals surface area contributed by atoms with E-state index in [1.54, 1.807) is 4.90 Å². The van der Waals surface area contributed by atoms with Gasteiger partial charge in [-0.15, -0.1) is 0 Å². The summed E-state index contributed by atoms with van der Waals surface area (Å²) >= 11 is 0. The minimum absolute atomic E-state index is 0.300. The molecule has 1 aromatic rings. The fourth-order valence-corrected chi connectivity index (χ4v) is 3.01. The minimum Gasteiger partial charge on any atom is -0.435 e. The lowest BCUT2D eigenvalue weighted by Crippen LogP contribution is -2.47. The highest BCUT2D eigenvalue weighted by Crippen LogP contribution is 2.26. The molecule has 0 aromatic heterocycles. The van der Waals surface area contributed by atoms with Gasteiger partial charge in [0.15, 0.2) is 0 Å². The Bertz CT molecular complexity index is 508. The van der Waals surface area contributed by atoms with Crippen molar-refractivity contribution in [2.24, 2.45) is 11.7 Å². The lowest BCUT2D eigenvalue weighted by Gasteiger charge is -2.35. The van der Waals surface area contributed by atoms with Crippen LogP contribution in [0.1, 0.15) is 18.4 Å². The van der Waals surface area contributed by atoms with Crippen molar-refractivity contribution in [3.05, 3.63) is 35.9 Å². The van der Waals surface area contributed by atoms with Crippen molar-refractivity contribution in [3.63, 3.8) is 0 Å². The van der Waals surface area contributed by atoms with Gasteiger partial charge in [0.25, 0.3) is 0 Å². The highest BCUT2D eigenvalue weighted by molar-refractivity contribution is 5.64. The zero-order valence-corrected chi connectivity index (χ0v) is 12.8. The Kier molecular flexibility index (Phi) is 5.87. The monoisotopic (exact) mass is 330 g/mol. The van der Waals surface area contributed by atoms with E-state index in [1.807, 2.05) is 30.3 Å². The standard InChI is InChI=1S/C16H21F3N2O2/c17-16(18,19)14(23-15(20)22)11-21-8-4-7-13(10-21)9-12-5-2-1-3-6-12/h1-3,5-6,13-14H,4,7-11H2,(H2,20,22)/t13-,14-/m0/s1. The molecular formula is C16H21F3N2O2. The number of alkyl halides is 3. The second kappa shape index (κ2) is 7.68. The first-order valence-corrected chi connectivity index (χ1v) is 7.63. The molecule has 2 atom stereocenters. The number of benzene rings is 1. The number of nitrogens with zero attached hydrogens (tertiary/aromatic N) is 1. The summed E-state index contributed by atoms with van der Waals surface area (Å²) in [6, 6.07) is 9.89. The van der Waals surface area contributed by atoms with E-state index in [2.05, 4.69) is 4.74 Å². The fraction of sp³-hybridized carbons (Fsp3) is 0.562. The summed E-state index contributed by atoms with van der Waals surface area (Å²) in [7, 11) is 0. The Labute approximate surface area is 133 Å². The van der Waals surface area contributed by atoms with Gasteiger partial charge in [-0.1, -0.05) is 30.3 Å². The van der Waals surface area contributed by atoms with E-state index in [1.165, 1.54) is 5.56 Å². The maximum absolute atomic E-state index is 12.9. The lowest BCUT2D eigenvalue weighted by atomic mass is 9.91. The first-order valence-electron chi connectivity index (χ1n) is 7.63. The minimum atomic E-state index is -4.61. The molecule has 2 N–H and O–H groups in total. The summed E-state index contributed by atoms with van der Waals surface area (Å²) in [6.07, 6.45) is -5.52. The summed E-state index contributed by atoms with van der Waals surface area (Å²) in [6.45, 7) is 0.765. The Morgan fingerprint density at radius 1 is 1.35 bits per heavy atom. The van der Waals surface area contributed by atoms with Crippen LogP contribution in [0.4, 0.5) is 18.0 Å². The predicted octanol–water partition coefficient (Wildman–Crippen LogP) is 2.97. The van der Waals surface area contributed by atoms with Gasteiger partial charge in [0.05, 0.1) is 0 Å². The van der Waals surface area contributed by atoms with Crippen LogP contribution < -0.4 is 5.73 Å². The summed E-state index contributed by atoms with van der Waals surface area (Å²) in [5, 5.41) is 0. The third-order valence-electron chi connectivity index (χ3n) is 4.02. The number of ether oxygens (including phenoxy) is 1. The molecule has 1 amide bonds. The molecule has 7 heteroatoms. The number of nitrogens with two attached hydrogens (primary N) is 1. The number of amides is 1. The normalized spacial score (nSPS) is 20.9. The molecule has 0 unspecified atom stereocenters. The Morgan fingerprint density at radius 3 is 2.65 bits per heavy atom. The van der Waals surface area contributed by atoms with E-state index in [9.17, 15) is 18.0 Å². The van der Waals surface area contributed by atoms with Crippen LogP contribution in [0.15, 0.2) is 30.3 Å². The average Bonchev–Trinajstić information content (AvgIpc) is 2.46. The largest absolute Gasteiger partial charge is 0.435 e. The maximum Gasteiger partial charge on any atom is 0.426 e. The summed E-state index contributed by atoms with van der Waals surface area (Å²) in [4.78, 5) is 12.4. The Hall–Kier alpha value is -1.76. The maximum atomic E-state index is 12.9. The molecule has 1 aliphatic heterocycles. The third-order valence-corrected chi connectivity index (χ3v) is 4.02. The first kappa shape index (κ1) is 17.6. The van der Waals surface area contributed by atoms with Gasteiger partial charge in [0, 0.05) is 13.1 Å². The van der Waals surface area contributed by atoms with Crippen LogP contribution >= 0.6 is 0 Å². The lowest BCUT2D eigenvalue weighted by molar-refractivity contribution is -0.208. The van der Waals surface area contributed by atoms with Gasteiger partial charge in [-0.05, 0) is 37.3 Å². The number of primary amides is 1. The molecule has 1 saturated heterocycles. The molecule has 0 aliphatic carbocycles. The smallest absolute Gasteiger partial charge is 0.426 e. The zero-order chi connectivity index (χ0) is 16.9. The Balaban J connectivity index is 1.93. The van der Waals surface area contributed by atoms with Crippen LogP contribution in [-0.4, -0.2) is 42.9 Å². The van der Waals surface area contributed by atoms with Crippen LogP contribution in [0.3, 0.4) is 0 Å². The van der Waals surface area contributed by atoms with E-state index < -0.39 is 18.4 Å². The van der Waals surface area contributed by atoms with Crippen molar-refractivity contribution in [2.45, 2.75) is 31.5 Å². The molecule has 4 nitrogen and oxygen atoms in total. The fourth-order valence-electron chi connectivity index (χ4n) is 3.01. The van der Waals surface area contributed by atoms with Gasteiger partial charge in [-0.2, -0.15) is 13.2 Å². The van der Waals surface area contributed by atoms with Gasteiger partial charge >= 0.3 is 12.3 Å². The van der Waals surface area contributed by atoms with Crippen LogP contribution in [0.2, 0.25) is 0 Å². The molecule has 0 bridgehead atoms. The average molecular weight is 330 g/mol. The van der Waals surface area contributed by atoms with Crippen molar-refractivity contribution in [1.82, 2.24) is 4.90 Å². The second-order valence-electron chi connectivity index (χ2n) is 5.92. The zero-order valence-electron chi connectivity index (χ0n) is 12.8. The van der Waals surface area contributed by atoms with E-state index in [0.29, 0.717) is 19.0 Å². The number of likely N-dealkylation sites (tertiary alicyclic amines) is 1. The van der Waals surface area contributed by atoms with E-state index in [0.717, 1.165) is 19.3 Å². The van der Waals surface area contributed by atoms with Gasteiger partial charge in [-0.3, -0.25) is 4.90 Å². The van der Waals surface area contributed by atoms with Crippen LogP contribution in [0.5, 0.6) is 0 Å². The number of hydrogen-bond donors (Lipinski definition) is 1. The highest BCUT2D eigenvalue weighted by atomic mass is 19.4. The molecule has 0 spiro atoms. The number of hydrogen-bond acceptors (Lipinski definition) is 3. The number of rotatable bonds is 5. The summed E-state index contributed by atoms with van der Waals surface area (Å²) in [5.74, 6) is 0.300. The van der Waals surface area contributed by atoms with Gasteiger partial charge in [-0.25, -0.2) is 4.79 Å². The quantitative estimate of drug-likeness (QED) is 0.903.